The fourth-order valence-corrected chi connectivity index (χ4v) is 4.46. The van der Waals surface area contributed by atoms with Gasteiger partial charge in [0.15, 0.2) is 5.16 Å². The lowest BCUT2D eigenvalue weighted by molar-refractivity contribution is -0.127. The van der Waals surface area contributed by atoms with Crippen LogP contribution < -0.4 is 0 Å². The van der Waals surface area contributed by atoms with E-state index in [-0.39, 0.29) is 5.91 Å². The molecule has 6 heteroatoms. The zero-order valence-corrected chi connectivity index (χ0v) is 14.3. The lowest BCUT2D eigenvalue weighted by Crippen LogP contribution is -2.29. The Hall–Kier alpha value is -1.04. The molecule has 5 nitrogen and oxygen atoms in total. The van der Waals surface area contributed by atoms with Gasteiger partial charge >= 0.3 is 0 Å². The number of carbonyl (C=O) groups is 1. The largest absolute Gasteiger partial charge is 0.342 e. The van der Waals surface area contributed by atoms with Crippen molar-refractivity contribution in [2.24, 2.45) is 0 Å². The van der Waals surface area contributed by atoms with E-state index < -0.39 is 0 Å². The number of aromatic nitrogens is 3. The predicted octanol–water partition coefficient (Wildman–Crippen LogP) is 3.06. The van der Waals surface area contributed by atoms with Gasteiger partial charge in [0, 0.05) is 25.6 Å². The van der Waals surface area contributed by atoms with Crippen LogP contribution in [0.4, 0.5) is 0 Å². The summed E-state index contributed by atoms with van der Waals surface area (Å²) in [7, 11) is 0. The van der Waals surface area contributed by atoms with Crippen molar-refractivity contribution in [3.8, 4) is 0 Å². The molecule has 1 amide bonds. The number of nitrogens with zero attached hydrogens (tertiary/aromatic N) is 4. The van der Waals surface area contributed by atoms with Gasteiger partial charge in [0.1, 0.15) is 5.82 Å². The molecule has 1 saturated carbocycles. The van der Waals surface area contributed by atoms with Gasteiger partial charge in [0.05, 0.1) is 5.75 Å². The third-order valence-electron chi connectivity index (χ3n) is 4.82. The minimum atomic E-state index is 0.243. The van der Waals surface area contributed by atoms with Gasteiger partial charge in [-0.05, 0) is 32.6 Å². The summed E-state index contributed by atoms with van der Waals surface area (Å²) in [6.07, 6.45) is 8.71. The Balaban J connectivity index is 1.63. The van der Waals surface area contributed by atoms with Gasteiger partial charge in [-0.2, -0.15) is 0 Å². The fraction of sp³-hybridized carbons (Fsp3) is 0.812. The van der Waals surface area contributed by atoms with Gasteiger partial charge < -0.3 is 9.47 Å². The summed E-state index contributed by atoms with van der Waals surface area (Å²) in [5.74, 6) is 2.43. The molecule has 0 radical (unpaired) electrons. The Morgan fingerprint density at radius 3 is 2.55 bits per heavy atom. The molecule has 1 aliphatic heterocycles. The molecule has 1 aromatic rings. The second-order valence-corrected chi connectivity index (χ2v) is 7.24. The van der Waals surface area contributed by atoms with Crippen molar-refractivity contribution in [2.75, 3.05) is 18.8 Å². The summed E-state index contributed by atoms with van der Waals surface area (Å²) >= 11 is 1.55. The number of amides is 1. The Kier molecular flexibility index (Phi) is 5.39. The standard InChI is InChI=1S/C16H26N4OS/c1-2-20-15(13-8-4-3-5-9-13)17-18-16(20)22-12-14(21)19-10-6-7-11-19/h13H,2-12H2,1H3. The number of carbonyl (C=O) groups excluding carboxylic acids is 1. The normalized spacial score (nSPS) is 19.8. The summed E-state index contributed by atoms with van der Waals surface area (Å²) in [6.45, 7) is 4.88. The van der Waals surface area contributed by atoms with E-state index in [0.29, 0.717) is 11.7 Å². The van der Waals surface area contributed by atoms with Crippen molar-refractivity contribution in [1.29, 1.82) is 0 Å². The zero-order chi connectivity index (χ0) is 15.4. The number of hydrogen-bond donors (Lipinski definition) is 0. The Bertz CT molecular complexity index is 504. The van der Waals surface area contributed by atoms with Gasteiger partial charge in [-0.3, -0.25) is 4.79 Å². The van der Waals surface area contributed by atoms with Crippen molar-refractivity contribution in [2.45, 2.75) is 69.5 Å². The van der Waals surface area contributed by atoms with Crippen molar-refractivity contribution in [3.05, 3.63) is 5.82 Å². The van der Waals surface area contributed by atoms with E-state index in [1.807, 2.05) is 4.90 Å². The Morgan fingerprint density at radius 1 is 1.14 bits per heavy atom. The molecular formula is C16H26N4OS. The van der Waals surface area contributed by atoms with Gasteiger partial charge in [-0.15, -0.1) is 10.2 Å². The first-order chi connectivity index (χ1) is 10.8. The molecule has 0 atom stereocenters. The Morgan fingerprint density at radius 2 is 1.86 bits per heavy atom. The monoisotopic (exact) mass is 322 g/mol. The van der Waals surface area contributed by atoms with Crippen LogP contribution >= 0.6 is 11.8 Å². The highest BCUT2D eigenvalue weighted by Crippen LogP contribution is 2.33. The quantitative estimate of drug-likeness (QED) is 0.782. The van der Waals surface area contributed by atoms with Crippen LogP contribution in [-0.2, 0) is 11.3 Å². The summed E-state index contributed by atoms with van der Waals surface area (Å²) in [5, 5.41) is 9.73. The highest BCUT2D eigenvalue weighted by Gasteiger charge is 2.24. The first-order valence-corrected chi connectivity index (χ1v) is 9.62. The molecule has 2 aliphatic rings. The minimum Gasteiger partial charge on any atom is -0.342 e. The fourth-order valence-electron chi connectivity index (χ4n) is 3.55. The molecule has 1 aromatic heterocycles. The van der Waals surface area contributed by atoms with Crippen LogP contribution in [0.2, 0.25) is 0 Å². The molecule has 0 N–H and O–H groups in total. The highest BCUT2D eigenvalue weighted by atomic mass is 32.2. The van der Waals surface area contributed by atoms with Gasteiger partial charge in [0.2, 0.25) is 5.91 Å². The van der Waals surface area contributed by atoms with E-state index in [1.165, 1.54) is 32.1 Å². The third kappa shape index (κ3) is 3.47. The molecule has 122 valence electrons. The Labute approximate surface area is 136 Å². The lowest BCUT2D eigenvalue weighted by Gasteiger charge is -2.21. The average molecular weight is 322 g/mol. The van der Waals surface area contributed by atoms with E-state index in [4.69, 9.17) is 0 Å². The molecule has 0 bridgehead atoms. The summed E-state index contributed by atoms with van der Waals surface area (Å²) in [5.41, 5.74) is 0. The predicted molar refractivity (Wildman–Crippen MR) is 88.1 cm³/mol. The van der Waals surface area contributed by atoms with Crippen molar-refractivity contribution < 1.29 is 4.79 Å². The van der Waals surface area contributed by atoms with Crippen molar-refractivity contribution in [3.63, 3.8) is 0 Å². The highest BCUT2D eigenvalue weighted by molar-refractivity contribution is 7.99. The van der Waals surface area contributed by atoms with Crippen LogP contribution in [0.3, 0.4) is 0 Å². The summed E-state index contributed by atoms with van der Waals surface area (Å²) in [6, 6.07) is 0. The van der Waals surface area contributed by atoms with Crippen LogP contribution in [0, 0.1) is 0 Å². The zero-order valence-electron chi connectivity index (χ0n) is 13.5. The molecule has 1 aliphatic carbocycles. The molecule has 3 rings (SSSR count). The molecule has 0 aromatic carbocycles. The number of likely N-dealkylation sites (tertiary alicyclic amines) is 1. The van der Waals surface area contributed by atoms with E-state index in [9.17, 15) is 4.79 Å². The molecule has 0 spiro atoms. The third-order valence-corrected chi connectivity index (χ3v) is 5.77. The second kappa shape index (κ2) is 7.49. The lowest BCUT2D eigenvalue weighted by atomic mass is 9.89. The van der Waals surface area contributed by atoms with E-state index >= 15 is 0 Å². The summed E-state index contributed by atoms with van der Waals surface area (Å²) in [4.78, 5) is 14.1. The number of thioether (sulfide) groups is 1. The van der Waals surface area contributed by atoms with Crippen molar-refractivity contribution in [1.82, 2.24) is 19.7 Å². The molecular weight excluding hydrogens is 296 g/mol. The molecule has 1 saturated heterocycles. The van der Waals surface area contributed by atoms with Crippen LogP contribution in [0.15, 0.2) is 5.16 Å². The summed E-state index contributed by atoms with van der Waals surface area (Å²) < 4.78 is 2.22. The molecule has 0 unspecified atom stereocenters. The maximum Gasteiger partial charge on any atom is 0.233 e. The SMILES string of the molecule is CCn1c(SCC(=O)N2CCCC2)nnc1C1CCCCC1. The molecule has 2 fully saturated rings. The molecule has 2 heterocycles. The van der Waals surface area contributed by atoms with Gasteiger partial charge in [0.25, 0.3) is 0 Å². The van der Waals surface area contributed by atoms with Crippen LogP contribution in [0.5, 0.6) is 0 Å². The first-order valence-electron chi connectivity index (χ1n) is 8.63. The van der Waals surface area contributed by atoms with E-state index in [0.717, 1.165) is 43.5 Å². The van der Waals surface area contributed by atoms with Gasteiger partial charge in [-0.1, -0.05) is 31.0 Å². The second-order valence-electron chi connectivity index (χ2n) is 6.30. The maximum atomic E-state index is 12.2. The van der Waals surface area contributed by atoms with Crippen LogP contribution in [0.25, 0.3) is 0 Å². The average Bonchev–Trinajstić information content (AvgIpc) is 3.22. The van der Waals surface area contributed by atoms with Crippen molar-refractivity contribution >= 4 is 17.7 Å². The maximum absolute atomic E-state index is 12.2. The van der Waals surface area contributed by atoms with E-state index in [2.05, 4.69) is 21.7 Å². The minimum absolute atomic E-state index is 0.243. The first kappa shape index (κ1) is 15.8. The van der Waals surface area contributed by atoms with Gasteiger partial charge in [-0.25, -0.2) is 0 Å². The van der Waals surface area contributed by atoms with Crippen LogP contribution in [0.1, 0.15) is 63.6 Å². The number of rotatable bonds is 5. The smallest absolute Gasteiger partial charge is 0.233 e. The van der Waals surface area contributed by atoms with E-state index in [1.54, 1.807) is 11.8 Å². The van der Waals surface area contributed by atoms with Crippen LogP contribution in [-0.4, -0.2) is 44.4 Å². The topological polar surface area (TPSA) is 51.0 Å². The molecule has 22 heavy (non-hydrogen) atoms. The number of hydrogen-bond acceptors (Lipinski definition) is 4.